The highest BCUT2D eigenvalue weighted by molar-refractivity contribution is 5.78. The van der Waals surface area contributed by atoms with Crippen molar-refractivity contribution in [1.82, 2.24) is 4.98 Å². The summed E-state index contributed by atoms with van der Waals surface area (Å²) in [5.41, 5.74) is 5.81. The van der Waals surface area contributed by atoms with Crippen LogP contribution in [-0.2, 0) is 14.9 Å². The van der Waals surface area contributed by atoms with Gasteiger partial charge in [0, 0.05) is 11.6 Å². The van der Waals surface area contributed by atoms with Gasteiger partial charge in [-0.05, 0) is 25.0 Å². The highest BCUT2D eigenvalue weighted by Crippen LogP contribution is 2.49. The molecule has 1 aliphatic rings. The number of carbonyl (C=O) groups is 1. The molecule has 1 atom stereocenters. The van der Waals surface area contributed by atoms with Crippen LogP contribution < -0.4 is 5.73 Å². The van der Waals surface area contributed by atoms with Gasteiger partial charge in [0.15, 0.2) is 0 Å². The van der Waals surface area contributed by atoms with Crippen LogP contribution in [-0.4, -0.2) is 24.1 Å². The molecule has 1 fully saturated rings. The van der Waals surface area contributed by atoms with Crippen LogP contribution in [0.4, 0.5) is 4.39 Å². The SMILES string of the molecule is COC(=O)C(N)C1(c2cc(F)ccn2)CC1. The van der Waals surface area contributed by atoms with Crippen molar-refractivity contribution in [2.45, 2.75) is 24.3 Å². The minimum absolute atomic E-state index is 0.367. The van der Waals surface area contributed by atoms with E-state index < -0.39 is 17.4 Å². The predicted octanol–water partition coefficient (Wildman–Crippen LogP) is 0.753. The molecular formula is C11H13FN2O2. The second-order valence-corrected chi connectivity index (χ2v) is 4.02. The molecule has 2 rings (SSSR count). The predicted molar refractivity (Wildman–Crippen MR) is 55.1 cm³/mol. The number of hydrogen-bond acceptors (Lipinski definition) is 4. The number of esters is 1. The molecule has 0 radical (unpaired) electrons. The van der Waals surface area contributed by atoms with E-state index in [1.165, 1.54) is 25.4 Å². The van der Waals surface area contributed by atoms with E-state index in [2.05, 4.69) is 9.72 Å². The fourth-order valence-electron chi connectivity index (χ4n) is 1.89. The Labute approximate surface area is 92.6 Å². The molecule has 0 aromatic carbocycles. The summed E-state index contributed by atoms with van der Waals surface area (Å²) in [4.78, 5) is 15.5. The zero-order valence-corrected chi connectivity index (χ0v) is 8.94. The highest BCUT2D eigenvalue weighted by Gasteiger charge is 2.54. The van der Waals surface area contributed by atoms with E-state index >= 15 is 0 Å². The summed E-state index contributed by atoms with van der Waals surface area (Å²) >= 11 is 0. The first-order chi connectivity index (χ1) is 7.60. The molecule has 1 unspecified atom stereocenters. The van der Waals surface area contributed by atoms with Gasteiger partial charge in [-0.25, -0.2) is 4.39 Å². The molecule has 2 N–H and O–H groups in total. The van der Waals surface area contributed by atoms with Crippen molar-refractivity contribution < 1.29 is 13.9 Å². The molecule has 86 valence electrons. The van der Waals surface area contributed by atoms with Gasteiger partial charge in [-0.1, -0.05) is 0 Å². The van der Waals surface area contributed by atoms with Crippen LogP contribution in [0.5, 0.6) is 0 Å². The summed E-state index contributed by atoms with van der Waals surface area (Å²) in [6, 6.07) is 1.82. The van der Waals surface area contributed by atoms with Crippen LogP contribution in [0, 0.1) is 5.82 Å². The summed E-state index contributed by atoms with van der Waals surface area (Å²) in [5, 5.41) is 0. The Morgan fingerprint density at radius 1 is 1.69 bits per heavy atom. The normalized spacial score (nSPS) is 18.9. The quantitative estimate of drug-likeness (QED) is 0.769. The first-order valence-electron chi connectivity index (χ1n) is 5.05. The lowest BCUT2D eigenvalue weighted by Crippen LogP contribution is -2.43. The van der Waals surface area contributed by atoms with Gasteiger partial charge in [-0.3, -0.25) is 9.78 Å². The maximum atomic E-state index is 13.1. The monoisotopic (exact) mass is 224 g/mol. The van der Waals surface area contributed by atoms with Gasteiger partial charge in [0.25, 0.3) is 0 Å². The van der Waals surface area contributed by atoms with E-state index in [-0.39, 0.29) is 5.82 Å². The molecule has 1 aliphatic carbocycles. The zero-order valence-electron chi connectivity index (χ0n) is 8.94. The topological polar surface area (TPSA) is 65.2 Å². The number of aromatic nitrogens is 1. The molecule has 1 aromatic heterocycles. The lowest BCUT2D eigenvalue weighted by molar-refractivity contribution is -0.143. The lowest BCUT2D eigenvalue weighted by Gasteiger charge is -2.20. The van der Waals surface area contributed by atoms with Gasteiger partial charge >= 0.3 is 5.97 Å². The molecule has 1 saturated carbocycles. The first-order valence-corrected chi connectivity index (χ1v) is 5.05. The fourth-order valence-corrected chi connectivity index (χ4v) is 1.89. The maximum Gasteiger partial charge on any atom is 0.323 e. The van der Waals surface area contributed by atoms with E-state index in [9.17, 15) is 9.18 Å². The average Bonchev–Trinajstić information content (AvgIpc) is 3.08. The molecule has 1 heterocycles. The number of methoxy groups -OCH3 is 1. The molecule has 4 nitrogen and oxygen atoms in total. The molecule has 0 spiro atoms. The lowest BCUT2D eigenvalue weighted by atomic mass is 9.92. The van der Waals surface area contributed by atoms with Crippen molar-refractivity contribution >= 4 is 5.97 Å². The third-order valence-electron chi connectivity index (χ3n) is 3.07. The van der Waals surface area contributed by atoms with Crippen molar-refractivity contribution in [2.24, 2.45) is 5.73 Å². The van der Waals surface area contributed by atoms with Crippen LogP contribution in [0.3, 0.4) is 0 Å². The minimum Gasteiger partial charge on any atom is -0.468 e. The van der Waals surface area contributed by atoms with Crippen molar-refractivity contribution in [3.63, 3.8) is 0 Å². The molecule has 5 heteroatoms. The number of pyridine rings is 1. The van der Waals surface area contributed by atoms with Gasteiger partial charge in [-0.15, -0.1) is 0 Å². The number of hydrogen-bond donors (Lipinski definition) is 1. The maximum absolute atomic E-state index is 13.1. The molecule has 0 aliphatic heterocycles. The third-order valence-corrected chi connectivity index (χ3v) is 3.07. The Kier molecular flexibility index (Phi) is 2.63. The summed E-state index contributed by atoms with van der Waals surface area (Å²) in [5.74, 6) is -0.850. The molecule has 16 heavy (non-hydrogen) atoms. The number of halogens is 1. The van der Waals surface area contributed by atoms with Crippen LogP contribution in [0.25, 0.3) is 0 Å². The van der Waals surface area contributed by atoms with Gasteiger partial charge < -0.3 is 10.5 Å². The van der Waals surface area contributed by atoms with Crippen molar-refractivity contribution in [3.05, 3.63) is 29.8 Å². The molecular weight excluding hydrogens is 211 g/mol. The van der Waals surface area contributed by atoms with Crippen molar-refractivity contribution in [1.29, 1.82) is 0 Å². The average molecular weight is 224 g/mol. The van der Waals surface area contributed by atoms with Crippen LogP contribution in [0.15, 0.2) is 18.3 Å². The standard InChI is InChI=1S/C11H13FN2O2/c1-16-10(15)9(13)11(3-4-11)8-6-7(12)2-5-14-8/h2,5-6,9H,3-4,13H2,1H3. The van der Waals surface area contributed by atoms with Crippen LogP contribution in [0.1, 0.15) is 18.5 Å². The number of rotatable bonds is 3. The largest absolute Gasteiger partial charge is 0.468 e. The van der Waals surface area contributed by atoms with Gasteiger partial charge in [0.2, 0.25) is 0 Å². The van der Waals surface area contributed by atoms with Gasteiger partial charge in [-0.2, -0.15) is 0 Å². The summed E-state index contributed by atoms with van der Waals surface area (Å²) in [7, 11) is 1.29. The van der Waals surface area contributed by atoms with Gasteiger partial charge in [0.1, 0.15) is 11.9 Å². The van der Waals surface area contributed by atoms with E-state index in [1.807, 2.05) is 0 Å². The van der Waals surface area contributed by atoms with Crippen molar-refractivity contribution in [3.8, 4) is 0 Å². The Balaban J connectivity index is 2.29. The molecule has 0 amide bonds. The summed E-state index contributed by atoms with van der Waals surface area (Å²) in [6.07, 6.45) is 2.86. The first kappa shape index (κ1) is 11.0. The Morgan fingerprint density at radius 3 is 2.88 bits per heavy atom. The summed E-state index contributed by atoms with van der Waals surface area (Å²) in [6.45, 7) is 0. The number of ether oxygens (including phenoxy) is 1. The van der Waals surface area contributed by atoms with E-state index in [4.69, 9.17) is 5.73 Å². The minimum atomic E-state index is -0.771. The fraction of sp³-hybridized carbons (Fsp3) is 0.455. The number of nitrogens with zero attached hydrogens (tertiary/aromatic N) is 1. The van der Waals surface area contributed by atoms with Crippen LogP contribution in [0.2, 0.25) is 0 Å². The van der Waals surface area contributed by atoms with Gasteiger partial charge in [0.05, 0.1) is 12.8 Å². The smallest absolute Gasteiger partial charge is 0.323 e. The third kappa shape index (κ3) is 1.67. The second-order valence-electron chi connectivity index (χ2n) is 4.02. The van der Waals surface area contributed by atoms with E-state index in [0.29, 0.717) is 5.69 Å². The molecule has 1 aromatic rings. The molecule has 0 bridgehead atoms. The van der Waals surface area contributed by atoms with Crippen LogP contribution >= 0.6 is 0 Å². The zero-order chi connectivity index (χ0) is 11.8. The Hall–Kier alpha value is -1.49. The summed E-state index contributed by atoms with van der Waals surface area (Å²) < 4.78 is 17.7. The highest BCUT2D eigenvalue weighted by atomic mass is 19.1. The Bertz CT molecular complexity index is 418. The van der Waals surface area contributed by atoms with Crippen molar-refractivity contribution in [2.75, 3.05) is 7.11 Å². The number of nitrogens with two attached hydrogens (primary N) is 1. The second kappa shape index (κ2) is 3.83. The molecule has 0 saturated heterocycles. The van der Waals surface area contributed by atoms with E-state index in [0.717, 1.165) is 12.8 Å². The number of carbonyl (C=O) groups excluding carboxylic acids is 1. The Morgan fingerprint density at radius 2 is 2.38 bits per heavy atom. The van der Waals surface area contributed by atoms with E-state index in [1.54, 1.807) is 0 Å².